The van der Waals surface area contributed by atoms with Crippen LogP contribution in [-0.4, -0.2) is 41.4 Å². The van der Waals surface area contributed by atoms with E-state index in [1.54, 1.807) is 0 Å². The molecule has 1 saturated carbocycles. The molecule has 2 aliphatic rings. The summed E-state index contributed by atoms with van der Waals surface area (Å²) in [6.45, 7) is 4.75. The van der Waals surface area contributed by atoms with Crippen LogP contribution in [0.4, 0.5) is 10.5 Å². The van der Waals surface area contributed by atoms with Gasteiger partial charge in [-0.3, -0.25) is 9.59 Å². The molecule has 0 radical (unpaired) electrons. The number of nitrogens with one attached hydrogen (secondary N) is 3. The number of hydrogen-bond donors (Lipinski definition) is 3. The monoisotopic (exact) mass is 386 g/mol. The van der Waals surface area contributed by atoms with E-state index in [4.69, 9.17) is 0 Å². The normalized spacial score (nSPS) is 19.9. The molecule has 7 heteroatoms. The highest BCUT2D eigenvalue weighted by atomic mass is 16.2. The van der Waals surface area contributed by atoms with Crippen molar-refractivity contribution in [2.24, 2.45) is 5.92 Å². The molecule has 1 aromatic carbocycles. The number of urea groups is 1. The molecule has 152 valence electrons. The highest BCUT2D eigenvalue weighted by molar-refractivity contribution is 5.90. The first-order chi connectivity index (χ1) is 13.4. The summed E-state index contributed by atoms with van der Waals surface area (Å²) in [5.74, 6) is -0.205. The lowest BCUT2D eigenvalue weighted by atomic mass is 10.1. The molecule has 1 unspecified atom stereocenters. The molecule has 1 aromatic rings. The molecule has 4 amide bonds. The van der Waals surface area contributed by atoms with Crippen LogP contribution < -0.4 is 16.0 Å². The lowest BCUT2D eigenvalue weighted by Crippen LogP contribution is -2.36. The second-order valence-electron chi connectivity index (χ2n) is 8.05. The second kappa shape index (κ2) is 9.08. The van der Waals surface area contributed by atoms with Crippen molar-refractivity contribution < 1.29 is 14.4 Å². The van der Waals surface area contributed by atoms with Crippen LogP contribution in [0.2, 0.25) is 0 Å². The summed E-state index contributed by atoms with van der Waals surface area (Å²) in [5.41, 5.74) is 1.64. The molecule has 7 nitrogen and oxygen atoms in total. The smallest absolute Gasteiger partial charge is 0.319 e. The molecule has 2 fully saturated rings. The van der Waals surface area contributed by atoms with E-state index in [0.29, 0.717) is 31.2 Å². The van der Waals surface area contributed by atoms with Crippen LogP contribution in [0.5, 0.6) is 0 Å². The van der Waals surface area contributed by atoms with Crippen molar-refractivity contribution in [2.45, 2.75) is 64.6 Å². The Balaban J connectivity index is 1.45. The van der Waals surface area contributed by atoms with Gasteiger partial charge in [-0.25, -0.2) is 4.79 Å². The van der Waals surface area contributed by atoms with Gasteiger partial charge in [0.25, 0.3) is 0 Å². The van der Waals surface area contributed by atoms with Crippen LogP contribution in [-0.2, 0) is 16.1 Å². The van der Waals surface area contributed by atoms with E-state index in [1.807, 2.05) is 43.0 Å². The van der Waals surface area contributed by atoms with Gasteiger partial charge in [0.05, 0.1) is 5.92 Å². The average molecular weight is 386 g/mol. The SMILES string of the molecule is CC(C)NC(=O)Nc1ccc(CNC(=O)C2CC(=O)N(C3CCCC3)C2)cc1. The number of carbonyl (C=O) groups excluding carboxylic acids is 3. The van der Waals surface area contributed by atoms with Gasteiger partial charge in [0.15, 0.2) is 0 Å². The summed E-state index contributed by atoms with van der Waals surface area (Å²) in [6.07, 6.45) is 4.80. The number of amides is 4. The van der Waals surface area contributed by atoms with Crippen LogP contribution in [0, 0.1) is 5.92 Å². The van der Waals surface area contributed by atoms with E-state index in [-0.39, 0.29) is 29.8 Å². The Labute approximate surface area is 166 Å². The number of carbonyl (C=O) groups is 3. The Morgan fingerprint density at radius 2 is 1.82 bits per heavy atom. The van der Waals surface area contributed by atoms with E-state index in [2.05, 4.69) is 16.0 Å². The van der Waals surface area contributed by atoms with Gasteiger partial charge < -0.3 is 20.9 Å². The zero-order valence-electron chi connectivity index (χ0n) is 16.7. The Kier molecular flexibility index (Phi) is 6.54. The van der Waals surface area contributed by atoms with Crippen molar-refractivity contribution in [3.63, 3.8) is 0 Å². The van der Waals surface area contributed by atoms with Crippen molar-refractivity contribution in [3.8, 4) is 0 Å². The number of anilines is 1. The Morgan fingerprint density at radius 3 is 2.46 bits per heavy atom. The maximum atomic E-state index is 12.5. The molecule has 1 atom stereocenters. The lowest BCUT2D eigenvalue weighted by molar-refractivity contribution is -0.130. The van der Waals surface area contributed by atoms with Crippen LogP contribution in [0.15, 0.2) is 24.3 Å². The third-order valence-electron chi connectivity index (χ3n) is 5.39. The van der Waals surface area contributed by atoms with E-state index < -0.39 is 0 Å². The average Bonchev–Trinajstić information content (AvgIpc) is 3.29. The molecule has 3 rings (SSSR count). The topological polar surface area (TPSA) is 90.5 Å². The van der Waals surface area contributed by atoms with Crippen molar-refractivity contribution in [2.75, 3.05) is 11.9 Å². The first kappa shape index (κ1) is 20.2. The maximum absolute atomic E-state index is 12.5. The summed E-state index contributed by atoms with van der Waals surface area (Å²) < 4.78 is 0. The largest absolute Gasteiger partial charge is 0.352 e. The number of likely N-dealkylation sites (tertiary alicyclic amines) is 1. The zero-order chi connectivity index (χ0) is 20.1. The van der Waals surface area contributed by atoms with Gasteiger partial charge in [-0.1, -0.05) is 25.0 Å². The fraction of sp³-hybridized carbons (Fsp3) is 0.571. The number of rotatable bonds is 6. The highest BCUT2D eigenvalue weighted by Crippen LogP contribution is 2.29. The first-order valence-corrected chi connectivity index (χ1v) is 10.2. The van der Waals surface area contributed by atoms with Crippen molar-refractivity contribution in [1.29, 1.82) is 0 Å². The van der Waals surface area contributed by atoms with Gasteiger partial charge in [0.1, 0.15) is 0 Å². The predicted octanol–water partition coefficient (Wildman–Crippen LogP) is 2.62. The third-order valence-corrected chi connectivity index (χ3v) is 5.39. The van der Waals surface area contributed by atoms with Gasteiger partial charge in [-0.2, -0.15) is 0 Å². The number of nitrogens with zero attached hydrogens (tertiary/aromatic N) is 1. The van der Waals surface area contributed by atoms with Gasteiger partial charge in [-0.05, 0) is 44.4 Å². The van der Waals surface area contributed by atoms with Crippen molar-refractivity contribution in [3.05, 3.63) is 29.8 Å². The summed E-state index contributed by atoms with van der Waals surface area (Å²) in [6, 6.07) is 7.52. The minimum absolute atomic E-state index is 0.0626. The lowest BCUT2D eigenvalue weighted by Gasteiger charge is -2.23. The second-order valence-corrected chi connectivity index (χ2v) is 8.05. The number of benzene rings is 1. The molecule has 1 aliphatic carbocycles. The molecule has 28 heavy (non-hydrogen) atoms. The van der Waals surface area contributed by atoms with E-state index in [0.717, 1.165) is 18.4 Å². The van der Waals surface area contributed by atoms with E-state index >= 15 is 0 Å². The fourth-order valence-corrected chi connectivity index (χ4v) is 3.94. The maximum Gasteiger partial charge on any atom is 0.319 e. The predicted molar refractivity (Wildman–Crippen MR) is 108 cm³/mol. The summed E-state index contributed by atoms with van der Waals surface area (Å²) in [5, 5.41) is 8.47. The Morgan fingerprint density at radius 1 is 1.14 bits per heavy atom. The number of hydrogen-bond acceptors (Lipinski definition) is 3. The third kappa shape index (κ3) is 5.24. The fourth-order valence-electron chi connectivity index (χ4n) is 3.94. The van der Waals surface area contributed by atoms with Gasteiger partial charge in [0.2, 0.25) is 11.8 Å². The minimum atomic E-state index is -0.256. The minimum Gasteiger partial charge on any atom is -0.352 e. The molecular weight excluding hydrogens is 356 g/mol. The van der Waals surface area contributed by atoms with Crippen LogP contribution in [0.3, 0.4) is 0 Å². The molecule has 0 bridgehead atoms. The standard InChI is InChI=1S/C21H30N4O3/c1-14(2)23-21(28)24-17-9-7-15(8-10-17)12-22-20(27)16-11-19(26)25(13-16)18-5-3-4-6-18/h7-10,14,16,18H,3-6,11-13H2,1-2H3,(H,22,27)(H2,23,24,28). The van der Waals surface area contributed by atoms with Gasteiger partial charge in [-0.15, -0.1) is 0 Å². The molecule has 1 aliphatic heterocycles. The van der Waals surface area contributed by atoms with Gasteiger partial charge in [0, 0.05) is 37.3 Å². The molecule has 3 N–H and O–H groups in total. The van der Waals surface area contributed by atoms with Crippen LogP contribution >= 0.6 is 0 Å². The van der Waals surface area contributed by atoms with Crippen LogP contribution in [0.1, 0.15) is 51.5 Å². The summed E-state index contributed by atoms with van der Waals surface area (Å²) >= 11 is 0. The van der Waals surface area contributed by atoms with Crippen molar-refractivity contribution in [1.82, 2.24) is 15.5 Å². The van der Waals surface area contributed by atoms with Crippen LogP contribution in [0.25, 0.3) is 0 Å². The Hall–Kier alpha value is -2.57. The van der Waals surface area contributed by atoms with Gasteiger partial charge >= 0.3 is 6.03 Å². The molecule has 0 aromatic heterocycles. The molecule has 1 saturated heterocycles. The molecule has 0 spiro atoms. The summed E-state index contributed by atoms with van der Waals surface area (Å²) in [4.78, 5) is 38.4. The zero-order valence-corrected chi connectivity index (χ0v) is 16.7. The Bertz CT molecular complexity index is 711. The molecule has 1 heterocycles. The summed E-state index contributed by atoms with van der Waals surface area (Å²) in [7, 11) is 0. The highest BCUT2D eigenvalue weighted by Gasteiger charge is 2.38. The van der Waals surface area contributed by atoms with E-state index in [1.165, 1.54) is 12.8 Å². The van der Waals surface area contributed by atoms with E-state index in [9.17, 15) is 14.4 Å². The quantitative estimate of drug-likeness (QED) is 0.702. The molecular formula is C21H30N4O3. The van der Waals surface area contributed by atoms with Crippen molar-refractivity contribution >= 4 is 23.5 Å². The first-order valence-electron chi connectivity index (χ1n) is 10.2.